The molecular weight excluding hydrogens is 194 g/mol. The van der Waals surface area contributed by atoms with Gasteiger partial charge in [-0.15, -0.1) is 0 Å². The van der Waals surface area contributed by atoms with Crippen LogP contribution in [0.5, 0.6) is 0 Å². The fourth-order valence-electron chi connectivity index (χ4n) is 2.49. The van der Waals surface area contributed by atoms with Gasteiger partial charge in [-0.1, -0.05) is 6.42 Å². The van der Waals surface area contributed by atoms with Crippen LogP contribution in [0.2, 0.25) is 0 Å². The van der Waals surface area contributed by atoms with Gasteiger partial charge in [0.2, 0.25) is 0 Å². The van der Waals surface area contributed by atoms with E-state index in [0.717, 1.165) is 32.2 Å². The molecular formula is C11H19NO3. The Hall–Kier alpha value is -0.450. The van der Waals surface area contributed by atoms with Crippen molar-refractivity contribution in [3.05, 3.63) is 0 Å². The molecule has 2 fully saturated rings. The maximum absolute atomic E-state index is 11.7. The van der Waals surface area contributed by atoms with Gasteiger partial charge in [-0.2, -0.15) is 0 Å². The topological polar surface area (TPSA) is 49.8 Å². The summed E-state index contributed by atoms with van der Waals surface area (Å²) in [6.45, 7) is 2.21. The summed E-state index contributed by atoms with van der Waals surface area (Å²) < 4.78 is 5.38. The first-order valence-corrected chi connectivity index (χ1v) is 5.80. The van der Waals surface area contributed by atoms with Crippen LogP contribution in [0.15, 0.2) is 0 Å². The summed E-state index contributed by atoms with van der Waals surface area (Å²) in [6.07, 6.45) is 3.80. The highest BCUT2D eigenvalue weighted by Crippen LogP contribution is 2.21. The van der Waals surface area contributed by atoms with Crippen LogP contribution in [0.3, 0.4) is 0 Å². The first kappa shape index (κ1) is 11.0. The number of hydrogen-bond acceptors (Lipinski definition) is 4. The highest BCUT2D eigenvalue weighted by Gasteiger charge is 2.31. The van der Waals surface area contributed by atoms with E-state index in [1.54, 1.807) is 0 Å². The van der Waals surface area contributed by atoms with Crippen LogP contribution in [0.25, 0.3) is 0 Å². The average Bonchev–Trinajstić information content (AvgIpc) is 2.30. The molecule has 0 aromatic carbocycles. The maximum Gasteiger partial charge on any atom is 0.149 e. The zero-order valence-electron chi connectivity index (χ0n) is 9.02. The molecule has 1 saturated carbocycles. The highest BCUT2D eigenvalue weighted by atomic mass is 16.5. The van der Waals surface area contributed by atoms with Gasteiger partial charge in [0.05, 0.1) is 25.4 Å². The first-order chi connectivity index (χ1) is 7.31. The van der Waals surface area contributed by atoms with Crippen molar-refractivity contribution in [1.82, 2.24) is 4.90 Å². The van der Waals surface area contributed by atoms with Crippen molar-refractivity contribution in [3.63, 3.8) is 0 Å². The number of morpholine rings is 1. The summed E-state index contributed by atoms with van der Waals surface area (Å²) in [5.74, 6) is 0.375. The average molecular weight is 213 g/mol. The minimum atomic E-state index is -0.103. The fourth-order valence-corrected chi connectivity index (χ4v) is 2.49. The Morgan fingerprint density at radius 3 is 3.07 bits per heavy atom. The number of ketones is 1. The van der Waals surface area contributed by atoms with Crippen LogP contribution in [-0.2, 0) is 9.53 Å². The molecule has 86 valence electrons. The van der Waals surface area contributed by atoms with Gasteiger partial charge >= 0.3 is 0 Å². The number of carbonyl (C=O) groups excluding carboxylic acids is 1. The molecule has 1 heterocycles. The molecule has 15 heavy (non-hydrogen) atoms. The number of rotatable bonds is 2. The maximum atomic E-state index is 11.7. The summed E-state index contributed by atoms with van der Waals surface area (Å²) in [5, 5.41) is 9.04. The van der Waals surface area contributed by atoms with Crippen LogP contribution < -0.4 is 0 Å². The van der Waals surface area contributed by atoms with Crippen molar-refractivity contribution in [2.45, 2.75) is 37.8 Å². The number of hydrogen-bond donors (Lipinski definition) is 1. The molecule has 4 heteroatoms. The SMILES string of the molecule is O=C1CCCCC1N1CCOC(CO)C1. The zero-order chi connectivity index (χ0) is 10.7. The van der Waals surface area contributed by atoms with Gasteiger partial charge in [-0.25, -0.2) is 0 Å². The van der Waals surface area contributed by atoms with E-state index in [4.69, 9.17) is 9.84 Å². The Labute approximate surface area is 90.2 Å². The Balaban J connectivity index is 1.93. The normalized spacial score (nSPS) is 34.3. The predicted octanol–water partition coefficient (Wildman–Crippen LogP) is 0.191. The smallest absolute Gasteiger partial charge is 0.149 e. The number of nitrogens with zero attached hydrogens (tertiary/aromatic N) is 1. The molecule has 0 amide bonds. The van der Waals surface area contributed by atoms with Gasteiger partial charge in [0, 0.05) is 19.5 Å². The third-order valence-corrected chi connectivity index (χ3v) is 3.34. The molecule has 1 N–H and O–H groups in total. The molecule has 1 saturated heterocycles. The van der Waals surface area contributed by atoms with Crippen molar-refractivity contribution in [2.24, 2.45) is 0 Å². The molecule has 1 aliphatic heterocycles. The molecule has 4 nitrogen and oxygen atoms in total. The summed E-state index contributed by atoms with van der Waals surface area (Å²) in [7, 11) is 0. The first-order valence-electron chi connectivity index (χ1n) is 5.80. The van der Waals surface area contributed by atoms with Crippen molar-refractivity contribution in [3.8, 4) is 0 Å². The molecule has 0 aromatic rings. The van der Waals surface area contributed by atoms with E-state index >= 15 is 0 Å². The van der Waals surface area contributed by atoms with Gasteiger partial charge in [0.15, 0.2) is 0 Å². The van der Waals surface area contributed by atoms with E-state index in [-0.39, 0.29) is 18.8 Å². The minimum Gasteiger partial charge on any atom is -0.394 e. The van der Waals surface area contributed by atoms with Gasteiger partial charge in [0.1, 0.15) is 5.78 Å². The molecule has 2 aliphatic rings. The lowest BCUT2D eigenvalue weighted by molar-refractivity contribution is -0.131. The van der Waals surface area contributed by atoms with Crippen molar-refractivity contribution < 1.29 is 14.6 Å². The van der Waals surface area contributed by atoms with Gasteiger partial charge in [-0.3, -0.25) is 9.69 Å². The lowest BCUT2D eigenvalue weighted by Crippen LogP contribution is -2.52. The number of aliphatic hydroxyl groups excluding tert-OH is 1. The lowest BCUT2D eigenvalue weighted by atomic mass is 9.92. The summed E-state index contributed by atoms with van der Waals surface area (Å²) in [5.41, 5.74) is 0. The number of aliphatic hydroxyl groups is 1. The molecule has 0 radical (unpaired) electrons. The van der Waals surface area contributed by atoms with E-state index in [1.807, 2.05) is 0 Å². The summed E-state index contributed by atoms with van der Waals surface area (Å²) in [4.78, 5) is 13.9. The summed E-state index contributed by atoms with van der Waals surface area (Å²) in [6, 6.07) is 0.0942. The van der Waals surface area contributed by atoms with Crippen LogP contribution in [0.4, 0.5) is 0 Å². The Morgan fingerprint density at radius 2 is 2.33 bits per heavy atom. The van der Waals surface area contributed by atoms with E-state index in [1.165, 1.54) is 0 Å². The zero-order valence-corrected chi connectivity index (χ0v) is 9.02. The molecule has 2 atom stereocenters. The highest BCUT2D eigenvalue weighted by molar-refractivity contribution is 5.84. The second kappa shape index (κ2) is 5.05. The van der Waals surface area contributed by atoms with Crippen LogP contribution in [0, 0.1) is 0 Å². The van der Waals surface area contributed by atoms with E-state index < -0.39 is 0 Å². The van der Waals surface area contributed by atoms with Crippen LogP contribution in [0.1, 0.15) is 25.7 Å². The van der Waals surface area contributed by atoms with Crippen molar-refractivity contribution >= 4 is 5.78 Å². The van der Waals surface area contributed by atoms with Crippen molar-refractivity contribution in [1.29, 1.82) is 0 Å². The Bertz CT molecular complexity index is 232. The van der Waals surface area contributed by atoms with Crippen molar-refractivity contribution in [2.75, 3.05) is 26.3 Å². The van der Waals surface area contributed by atoms with E-state index in [9.17, 15) is 4.79 Å². The van der Waals surface area contributed by atoms with Gasteiger partial charge in [-0.05, 0) is 12.8 Å². The van der Waals surface area contributed by atoms with Crippen LogP contribution >= 0.6 is 0 Å². The second-order valence-electron chi connectivity index (χ2n) is 4.40. The third kappa shape index (κ3) is 2.56. The standard InChI is InChI=1S/C11H19NO3/c13-8-9-7-12(5-6-15-9)10-3-1-2-4-11(10)14/h9-10,13H,1-8H2. The molecule has 0 aromatic heterocycles. The second-order valence-corrected chi connectivity index (χ2v) is 4.40. The number of Topliss-reactive ketones (excluding diaryl/α,β-unsaturated/α-hetero) is 1. The molecule has 2 rings (SSSR count). The Kier molecular flexibility index (Phi) is 3.72. The number of carbonyl (C=O) groups is 1. The van der Waals surface area contributed by atoms with E-state index in [0.29, 0.717) is 18.9 Å². The largest absolute Gasteiger partial charge is 0.394 e. The lowest BCUT2D eigenvalue weighted by Gasteiger charge is -2.38. The van der Waals surface area contributed by atoms with Gasteiger partial charge in [0.25, 0.3) is 0 Å². The molecule has 2 unspecified atom stereocenters. The molecule has 0 bridgehead atoms. The minimum absolute atomic E-state index is 0.0530. The predicted molar refractivity (Wildman–Crippen MR) is 55.7 cm³/mol. The molecule has 0 spiro atoms. The van der Waals surface area contributed by atoms with Gasteiger partial charge < -0.3 is 9.84 Å². The Morgan fingerprint density at radius 1 is 1.47 bits per heavy atom. The quantitative estimate of drug-likeness (QED) is 0.711. The van der Waals surface area contributed by atoms with Crippen LogP contribution in [-0.4, -0.2) is 54.2 Å². The molecule has 1 aliphatic carbocycles. The third-order valence-electron chi connectivity index (χ3n) is 3.34. The number of ether oxygens (including phenoxy) is 1. The monoisotopic (exact) mass is 213 g/mol. The summed E-state index contributed by atoms with van der Waals surface area (Å²) >= 11 is 0. The fraction of sp³-hybridized carbons (Fsp3) is 0.909. The van der Waals surface area contributed by atoms with E-state index in [2.05, 4.69) is 4.90 Å².